The van der Waals surface area contributed by atoms with E-state index in [0.29, 0.717) is 17.5 Å². The van der Waals surface area contributed by atoms with Gasteiger partial charge in [0.25, 0.3) is 0 Å². The third kappa shape index (κ3) is 4.22. The van der Waals surface area contributed by atoms with E-state index in [2.05, 4.69) is 31.0 Å². The molecule has 3 nitrogen and oxygen atoms in total. The Morgan fingerprint density at radius 3 is 2.22 bits per heavy atom. The average molecular weight is 254 g/mol. The second kappa shape index (κ2) is 6.36. The minimum Gasteiger partial charge on any atom is -0.381 e. The summed E-state index contributed by atoms with van der Waals surface area (Å²) >= 11 is 0. The van der Waals surface area contributed by atoms with Crippen molar-refractivity contribution in [1.29, 1.82) is 0 Å². The van der Waals surface area contributed by atoms with E-state index >= 15 is 0 Å². The van der Waals surface area contributed by atoms with Crippen LogP contribution in [0.15, 0.2) is 0 Å². The molecule has 0 bridgehead atoms. The van der Waals surface area contributed by atoms with Gasteiger partial charge < -0.3 is 15.0 Å². The fourth-order valence-corrected chi connectivity index (χ4v) is 3.24. The third-order valence-electron chi connectivity index (χ3n) is 4.63. The topological polar surface area (TPSA) is 24.5 Å². The number of nitrogens with zero attached hydrogens (tertiary/aromatic N) is 1. The van der Waals surface area contributed by atoms with Gasteiger partial charge in [-0.3, -0.25) is 0 Å². The summed E-state index contributed by atoms with van der Waals surface area (Å²) < 4.78 is 5.50. The van der Waals surface area contributed by atoms with Gasteiger partial charge >= 0.3 is 0 Å². The van der Waals surface area contributed by atoms with Gasteiger partial charge in [-0.05, 0) is 58.0 Å². The lowest BCUT2D eigenvalue weighted by molar-refractivity contribution is 0.00300. The van der Waals surface area contributed by atoms with Crippen molar-refractivity contribution >= 4 is 0 Å². The monoisotopic (exact) mass is 254 g/mol. The zero-order valence-electron chi connectivity index (χ0n) is 12.4. The van der Waals surface area contributed by atoms with E-state index in [-0.39, 0.29) is 0 Å². The first-order valence-corrected chi connectivity index (χ1v) is 7.64. The number of hydrogen-bond donors (Lipinski definition) is 1. The second-order valence-corrected chi connectivity index (χ2v) is 6.75. The summed E-state index contributed by atoms with van der Waals surface area (Å²) in [6, 6.07) is 1.32. The molecular formula is C15H30N2O. The number of ether oxygens (including phenoxy) is 1. The number of hydrogen-bond acceptors (Lipinski definition) is 3. The van der Waals surface area contributed by atoms with Crippen molar-refractivity contribution in [1.82, 2.24) is 10.2 Å². The first-order valence-electron chi connectivity index (χ1n) is 7.64. The third-order valence-corrected chi connectivity index (χ3v) is 4.63. The van der Waals surface area contributed by atoms with Gasteiger partial charge in [0.1, 0.15) is 0 Å². The van der Waals surface area contributed by atoms with Crippen LogP contribution in [-0.2, 0) is 4.74 Å². The van der Waals surface area contributed by atoms with E-state index in [0.717, 1.165) is 13.2 Å². The van der Waals surface area contributed by atoms with E-state index in [4.69, 9.17) is 4.74 Å². The SMILES string of the molecule is CC1CCN(CC2(C)CCOCC2)CCC(C)N1. The lowest BCUT2D eigenvalue weighted by atomic mass is 9.81. The molecule has 2 fully saturated rings. The minimum atomic E-state index is 0.483. The predicted molar refractivity (Wildman–Crippen MR) is 75.9 cm³/mol. The van der Waals surface area contributed by atoms with Gasteiger partial charge in [0.2, 0.25) is 0 Å². The highest BCUT2D eigenvalue weighted by atomic mass is 16.5. The molecule has 2 aliphatic heterocycles. The quantitative estimate of drug-likeness (QED) is 0.818. The highest BCUT2D eigenvalue weighted by molar-refractivity contribution is 4.83. The van der Waals surface area contributed by atoms with Gasteiger partial charge in [-0.1, -0.05) is 6.92 Å². The van der Waals surface area contributed by atoms with Crippen LogP contribution in [0.5, 0.6) is 0 Å². The van der Waals surface area contributed by atoms with Gasteiger partial charge in [0.15, 0.2) is 0 Å². The smallest absolute Gasteiger partial charge is 0.0471 e. The molecule has 2 aliphatic rings. The van der Waals surface area contributed by atoms with E-state index < -0.39 is 0 Å². The molecule has 2 atom stereocenters. The van der Waals surface area contributed by atoms with Crippen molar-refractivity contribution < 1.29 is 4.74 Å². The molecule has 2 saturated heterocycles. The molecule has 0 saturated carbocycles. The van der Waals surface area contributed by atoms with Crippen LogP contribution >= 0.6 is 0 Å². The highest BCUT2D eigenvalue weighted by Crippen LogP contribution is 2.31. The number of nitrogens with one attached hydrogen (secondary N) is 1. The van der Waals surface area contributed by atoms with Gasteiger partial charge in [-0.15, -0.1) is 0 Å². The molecule has 0 amide bonds. The molecule has 0 aliphatic carbocycles. The Morgan fingerprint density at radius 2 is 1.67 bits per heavy atom. The molecule has 106 valence electrons. The first-order chi connectivity index (χ1) is 8.57. The zero-order chi connectivity index (χ0) is 13.0. The van der Waals surface area contributed by atoms with Crippen LogP contribution in [0.3, 0.4) is 0 Å². The van der Waals surface area contributed by atoms with Gasteiger partial charge in [0.05, 0.1) is 0 Å². The predicted octanol–water partition coefficient (Wildman–Crippen LogP) is 2.27. The Morgan fingerprint density at radius 1 is 1.11 bits per heavy atom. The van der Waals surface area contributed by atoms with Crippen molar-refractivity contribution in [3.63, 3.8) is 0 Å². The molecule has 0 aromatic heterocycles. The number of rotatable bonds is 2. The summed E-state index contributed by atoms with van der Waals surface area (Å²) in [6.07, 6.45) is 5.01. The van der Waals surface area contributed by atoms with E-state index in [1.807, 2.05) is 0 Å². The van der Waals surface area contributed by atoms with Crippen LogP contribution in [0.1, 0.15) is 46.5 Å². The summed E-state index contributed by atoms with van der Waals surface area (Å²) in [5, 5.41) is 3.67. The summed E-state index contributed by atoms with van der Waals surface area (Å²) in [5.74, 6) is 0. The minimum absolute atomic E-state index is 0.483. The molecule has 0 spiro atoms. The van der Waals surface area contributed by atoms with Crippen LogP contribution in [0, 0.1) is 5.41 Å². The van der Waals surface area contributed by atoms with Crippen LogP contribution in [-0.4, -0.2) is 49.8 Å². The first kappa shape index (κ1) is 14.3. The summed E-state index contributed by atoms with van der Waals surface area (Å²) in [4.78, 5) is 2.69. The molecule has 0 aromatic carbocycles. The maximum atomic E-state index is 5.50. The average Bonchev–Trinajstić information content (AvgIpc) is 2.32. The molecule has 0 radical (unpaired) electrons. The second-order valence-electron chi connectivity index (χ2n) is 6.75. The van der Waals surface area contributed by atoms with Gasteiger partial charge in [0, 0.05) is 31.8 Å². The fraction of sp³-hybridized carbons (Fsp3) is 1.00. The van der Waals surface area contributed by atoms with Crippen molar-refractivity contribution in [2.24, 2.45) is 5.41 Å². The van der Waals surface area contributed by atoms with Crippen LogP contribution in [0.25, 0.3) is 0 Å². The van der Waals surface area contributed by atoms with Gasteiger partial charge in [-0.2, -0.15) is 0 Å². The molecule has 2 heterocycles. The highest BCUT2D eigenvalue weighted by Gasteiger charge is 2.30. The summed E-state index contributed by atoms with van der Waals surface area (Å²) in [6.45, 7) is 12.7. The largest absolute Gasteiger partial charge is 0.381 e. The lowest BCUT2D eigenvalue weighted by Gasteiger charge is -2.40. The zero-order valence-corrected chi connectivity index (χ0v) is 12.4. The molecule has 0 aromatic rings. The van der Waals surface area contributed by atoms with Crippen LogP contribution in [0.2, 0.25) is 0 Å². The molecule has 18 heavy (non-hydrogen) atoms. The van der Waals surface area contributed by atoms with Crippen molar-refractivity contribution in [3.05, 3.63) is 0 Å². The molecular weight excluding hydrogens is 224 g/mol. The van der Waals surface area contributed by atoms with Crippen molar-refractivity contribution in [2.75, 3.05) is 32.8 Å². The Labute approximate surface area is 112 Å². The van der Waals surface area contributed by atoms with E-state index in [9.17, 15) is 0 Å². The molecule has 3 heteroatoms. The van der Waals surface area contributed by atoms with Crippen molar-refractivity contribution in [3.8, 4) is 0 Å². The van der Waals surface area contributed by atoms with Crippen LogP contribution in [0.4, 0.5) is 0 Å². The van der Waals surface area contributed by atoms with E-state index in [1.165, 1.54) is 45.3 Å². The molecule has 2 unspecified atom stereocenters. The molecule has 2 rings (SSSR count). The summed E-state index contributed by atoms with van der Waals surface area (Å²) in [7, 11) is 0. The maximum Gasteiger partial charge on any atom is 0.0471 e. The van der Waals surface area contributed by atoms with Crippen molar-refractivity contribution in [2.45, 2.75) is 58.5 Å². The van der Waals surface area contributed by atoms with Crippen LogP contribution < -0.4 is 5.32 Å². The Hall–Kier alpha value is -0.120. The lowest BCUT2D eigenvalue weighted by Crippen LogP contribution is -2.46. The van der Waals surface area contributed by atoms with E-state index in [1.54, 1.807) is 0 Å². The normalized spacial score (nSPS) is 34.8. The summed E-state index contributed by atoms with van der Waals surface area (Å²) in [5.41, 5.74) is 0.483. The Balaban J connectivity index is 1.86. The standard InChI is InChI=1S/C15H30N2O/c1-13-4-8-17(9-5-14(2)16-13)12-15(3)6-10-18-11-7-15/h13-14,16H,4-12H2,1-3H3. The molecule has 1 N–H and O–H groups in total. The Kier molecular flexibility index (Phi) is 5.05. The van der Waals surface area contributed by atoms with Gasteiger partial charge in [-0.25, -0.2) is 0 Å². The fourth-order valence-electron chi connectivity index (χ4n) is 3.24. The maximum absolute atomic E-state index is 5.50. The Bertz CT molecular complexity index is 239.